The Hall–Kier alpha value is -0.500. The van der Waals surface area contributed by atoms with Crippen LogP contribution in [0.1, 0.15) is 20.8 Å². The smallest absolute Gasteiger partial charge is 0.241 e. The molecular formula is C13H20BrFN2O2S. The van der Waals surface area contributed by atoms with Crippen LogP contribution in [-0.2, 0) is 10.0 Å². The highest BCUT2D eigenvalue weighted by molar-refractivity contribution is 9.10. The van der Waals surface area contributed by atoms with E-state index in [-0.39, 0.29) is 15.4 Å². The van der Waals surface area contributed by atoms with Gasteiger partial charge in [0.2, 0.25) is 10.0 Å². The van der Waals surface area contributed by atoms with Gasteiger partial charge in [0.05, 0.1) is 4.90 Å². The molecule has 114 valence electrons. The van der Waals surface area contributed by atoms with Gasteiger partial charge in [0.15, 0.2) is 0 Å². The third-order valence-corrected chi connectivity index (χ3v) is 5.53. The molecule has 0 spiro atoms. The molecule has 0 aliphatic rings. The van der Waals surface area contributed by atoms with Gasteiger partial charge >= 0.3 is 0 Å². The molecule has 0 saturated heterocycles. The van der Waals surface area contributed by atoms with Gasteiger partial charge in [0.25, 0.3) is 0 Å². The van der Waals surface area contributed by atoms with Gasteiger partial charge in [-0.1, -0.05) is 13.8 Å². The Balaban J connectivity index is 2.84. The first kappa shape index (κ1) is 17.6. The molecule has 0 saturated carbocycles. The second-order valence-corrected chi connectivity index (χ2v) is 7.12. The minimum atomic E-state index is -3.66. The maximum absolute atomic E-state index is 13.0. The fraction of sp³-hybridized carbons (Fsp3) is 0.538. The van der Waals surface area contributed by atoms with E-state index in [1.54, 1.807) is 0 Å². The third kappa shape index (κ3) is 4.80. The summed E-state index contributed by atoms with van der Waals surface area (Å²) < 4.78 is 40.3. The Morgan fingerprint density at radius 3 is 2.45 bits per heavy atom. The van der Waals surface area contributed by atoms with Gasteiger partial charge in [-0.2, -0.15) is 0 Å². The summed E-state index contributed by atoms with van der Waals surface area (Å²) in [6, 6.07) is 3.31. The Bertz CT molecular complexity index is 547. The highest BCUT2D eigenvalue weighted by Gasteiger charge is 2.21. The van der Waals surface area contributed by atoms with Crippen molar-refractivity contribution >= 4 is 26.0 Å². The first-order valence-corrected chi connectivity index (χ1v) is 8.77. The summed E-state index contributed by atoms with van der Waals surface area (Å²) in [6.07, 6.45) is 0. The van der Waals surface area contributed by atoms with Crippen LogP contribution in [0, 0.1) is 5.82 Å². The quantitative estimate of drug-likeness (QED) is 0.806. The second-order valence-electron chi connectivity index (χ2n) is 4.58. The minimum Gasteiger partial charge on any atom is -0.302 e. The first-order chi connectivity index (χ1) is 9.30. The van der Waals surface area contributed by atoms with Crippen molar-refractivity contribution in [2.24, 2.45) is 0 Å². The van der Waals surface area contributed by atoms with Crippen LogP contribution in [0.25, 0.3) is 0 Å². The Morgan fingerprint density at radius 2 is 1.95 bits per heavy atom. The number of nitrogens with one attached hydrogen (secondary N) is 1. The van der Waals surface area contributed by atoms with Crippen molar-refractivity contribution in [3.05, 3.63) is 28.5 Å². The van der Waals surface area contributed by atoms with Gasteiger partial charge in [0.1, 0.15) is 5.82 Å². The average molecular weight is 367 g/mol. The number of halogens is 2. The lowest BCUT2D eigenvalue weighted by Crippen LogP contribution is -2.41. The van der Waals surface area contributed by atoms with Crippen LogP contribution in [0.5, 0.6) is 0 Å². The van der Waals surface area contributed by atoms with E-state index in [0.29, 0.717) is 6.54 Å². The molecule has 0 aliphatic carbocycles. The molecule has 1 aromatic rings. The van der Waals surface area contributed by atoms with Gasteiger partial charge in [-0.3, -0.25) is 0 Å². The molecule has 0 bridgehead atoms. The fourth-order valence-corrected chi connectivity index (χ4v) is 4.21. The summed E-state index contributed by atoms with van der Waals surface area (Å²) in [5.41, 5.74) is 0. The molecule has 20 heavy (non-hydrogen) atoms. The van der Waals surface area contributed by atoms with Crippen molar-refractivity contribution in [2.45, 2.75) is 31.7 Å². The van der Waals surface area contributed by atoms with E-state index in [2.05, 4.69) is 25.6 Å². The number of likely N-dealkylation sites (N-methyl/N-ethyl adjacent to an activating group) is 1. The average Bonchev–Trinajstić information content (AvgIpc) is 2.34. The zero-order valence-corrected chi connectivity index (χ0v) is 14.3. The zero-order valence-electron chi connectivity index (χ0n) is 11.9. The lowest BCUT2D eigenvalue weighted by atomic mass is 10.3. The van der Waals surface area contributed by atoms with Crippen LogP contribution in [-0.4, -0.2) is 39.0 Å². The van der Waals surface area contributed by atoms with Gasteiger partial charge < -0.3 is 4.90 Å². The van der Waals surface area contributed by atoms with E-state index in [1.807, 2.05) is 20.8 Å². The number of rotatable bonds is 7. The van der Waals surface area contributed by atoms with Crippen molar-refractivity contribution in [1.82, 2.24) is 9.62 Å². The lowest BCUT2D eigenvalue weighted by Gasteiger charge is -2.23. The summed E-state index contributed by atoms with van der Waals surface area (Å²) in [5.74, 6) is -0.480. The van der Waals surface area contributed by atoms with E-state index in [0.717, 1.165) is 25.2 Å². The van der Waals surface area contributed by atoms with Crippen LogP contribution >= 0.6 is 15.9 Å². The molecule has 7 heteroatoms. The van der Waals surface area contributed by atoms with E-state index in [1.165, 1.54) is 6.07 Å². The molecule has 4 nitrogen and oxygen atoms in total. The molecule has 1 unspecified atom stereocenters. The molecule has 1 rings (SSSR count). The number of sulfonamides is 1. The Morgan fingerprint density at radius 1 is 1.35 bits per heavy atom. The molecule has 0 radical (unpaired) electrons. The fourth-order valence-electron chi connectivity index (χ4n) is 1.93. The van der Waals surface area contributed by atoms with E-state index < -0.39 is 15.8 Å². The van der Waals surface area contributed by atoms with Crippen LogP contribution in [0.3, 0.4) is 0 Å². The molecule has 0 aliphatic heterocycles. The van der Waals surface area contributed by atoms with Crippen LogP contribution in [0.15, 0.2) is 27.6 Å². The number of nitrogens with zero attached hydrogens (tertiary/aromatic N) is 1. The van der Waals surface area contributed by atoms with E-state index in [4.69, 9.17) is 0 Å². The Labute approximate surface area is 128 Å². The highest BCUT2D eigenvalue weighted by Crippen LogP contribution is 2.22. The van der Waals surface area contributed by atoms with E-state index in [9.17, 15) is 12.8 Å². The standard InChI is InChI=1S/C13H20BrFN2O2S/c1-4-17(5-2)9-10(3)16-20(18,19)13-7-6-11(15)8-12(13)14/h6-8,10,16H,4-5,9H2,1-3H3. The Kier molecular flexibility index (Phi) is 6.57. The molecule has 1 atom stereocenters. The van der Waals surface area contributed by atoms with Crippen molar-refractivity contribution in [3.8, 4) is 0 Å². The largest absolute Gasteiger partial charge is 0.302 e. The van der Waals surface area contributed by atoms with Crippen LogP contribution < -0.4 is 4.72 Å². The summed E-state index contributed by atoms with van der Waals surface area (Å²) in [7, 11) is -3.66. The molecule has 0 aromatic heterocycles. The summed E-state index contributed by atoms with van der Waals surface area (Å²) in [5, 5.41) is 0. The van der Waals surface area contributed by atoms with Crippen molar-refractivity contribution in [1.29, 1.82) is 0 Å². The van der Waals surface area contributed by atoms with Crippen LogP contribution in [0.2, 0.25) is 0 Å². The number of hydrogen-bond acceptors (Lipinski definition) is 3. The maximum atomic E-state index is 13.0. The third-order valence-electron chi connectivity index (χ3n) is 2.97. The predicted molar refractivity (Wildman–Crippen MR) is 81.7 cm³/mol. The van der Waals surface area contributed by atoms with Crippen molar-refractivity contribution in [3.63, 3.8) is 0 Å². The van der Waals surface area contributed by atoms with Gasteiger partial charge in [0, 0.05) is 17.1 Å². The van der Waals surface area contributed by atoms with Crippen molar-refractivity contribution in [2.75, 3.05) is 19.6 Å². The summed E-state index contributed by atoms with van der Waals surface area (Å²) in [4.78, 5) is 2.18. The number of hydrogen-bond donors (Lipinski definition) is 1. The predicted octanol–water partition coefficient (Wildman–Crippen LogP) is 2.60. The molecule has 0 fully saturated rings. The van der Waals surface area contributed by atoms with Crippen molar-refractivity contribution < 1.29 is 12.8 Å². The monoisotopic (exact) mass is 366 g/mol. The van der Waals surface area contributed by atoms with Crippen LogP contribution in [0.4, 0.5) is 4.39 Å². The first-order valence-electron chi connectivity index (χ1n) is 6.49. The highest BCUT2D eigenvalue weighted by atomic mass is 79.9. The zero-order chi connectivity index (χ0) is 15.3. The molecule has 1 aromatic carbocycles. The topological polar surface area (TPSA) is 49.4 Å². The SMILES string of the molecule is CCN(CC)CC(C)NS(=O)(=O)c1ccc(F)cc1Br. The van der Waals surface area contributed by atoms with E-state index >= 15 is 0 Å². The summed E-state index contributed by atoms with van der Waals surface area (Å²) in [6.45, 7) is 8.23. The maximum Gasteiger partial charge on any atom is 0.241 e. The van der Waals surface area contributed by atoms with Gasteiger partial charge in [-0.05, 0) is 54.1 Å². The lowest BCUT2D eigenvalue weighted by molar-refractivity contribution is 0.282. The molecule has 1 N–H and O–H groups in total. The van der Waals surface area contributed by atoms with Gasteiger partial charge in [-0.25, -0.2) is 17.5 Å². The normalized spacial score (nSPS) is 13.7. The molecular weight excluding hydrogens is 347 g/mol. The van der Waals surface area contributed by atoms with Gasteiger partial charge in [-0.15, -0.1) is 0 Å². The molecule has 0 amide bonds. The summed E-state index contributed by atoms with van der Waals surface area (Å²) >= 11 is 3.08. The molecule has 0 heterocycles. The second kappa shape index (κ2) is 7.49. The number of benzene rings is 1. The minimum absolute atomic E-state index is 0.0466.